The van der Waals surface area contributed by atoms with Crippen LogP contribution in [-0.4, -0.2) is 43.6 Å². The van der Waals surface area contributed by atoms with Crippen molar-refractivity contribution in [3.63, 3.8) is 0 Å². The molecule has 0 radical (unpaired) electrons. The van der Waals surface area contributed by atoms with Crippen LogP contribution >= 0.6 is 0 Å². The molecule has 1 amide bonds. The van der Waals surface area contributed by atoms with Gasteiger partial charge in [-0.2, -0.15) is 0 Å². The number of carbonyl (C=O) groups excluding carboxylic acids is 1. The summed E-state index contributed by atoms with van der Waals surface area (Å²) in [4.78, 5) is 14.0. The Hall–Kier alpha value is -2.31. The van der Waals surface area contributed by atoms with Crippen LogP contribution in [0.2, 0.25) is 0 Å². The standard InChI is InChI=1S/C20H24F2N2O2/c1-23-19(25)18-9-8-17(22)12-14(18)13-20(26,10-11-24(2)3)15-4-6-16(21)7-5-15/h4-9,12,26H,10-11,13H2,1-3H3,(H,23,25). The van der Waals surface area contributed by atoms with Crippen molar-refractivity contribution in [2.45, 2.75) is 18.4 Å². The van der Waals surface area contributed by atoms with Crippen LogP contribution in [0.15, 0.2) is 42.5 Å². The quantitative estimate of drug-likeness (QED) is 0.796. The average molecular weight is 362 g/mol. The zero-order valence-corrected chi connectivity index (χ0v) is 15.2. The average Bonchev–Trinajstić information content (AvgIpc) is 2.60. The molecule has 0 saturated heterocycles. The summed E-state index contributed by atoms with van der Waals surface area (Å²) in [5, 5.41) is 13.9. The van der Waals surface area contributed by atoms with E-state index in [1.807, 2.05) is 19.0 Å². The lowest BCUT2D eigenvalue weighted by Crippen LogP contribution is -2.34. The molecular formula is C20H24F2N2O2. The summed E-state index contributed by atoms with van der Waals surface area (Å²) in [6, 6.07) is 9.47. The molecule has 1 unspecified atom stereocenters. The number of halogens is 2. The number of benzene rings is 2. The predicted molar refractivity (Wildman–Crippen MR) is 97.0 cm³/mol. The highest BCUT2D eigenvalue weighted by Crippen LogP contribution is 2.31. The lowest BCUT2D eigenvalue weighted by molar-refractivity contribution is 0.0210. The first-order valence-electron chi connectivity index (χ1n) is 8.39. The predicted octanol–water partition coefficient (Wildman–Crippen LogP) is 2.71. The molecule has 2 N–H and O–H groups in total. The van der Waals surface area contributed by atoms with E-state index in [1.165, 1.54) is 49.5 Å². The van der Waals surface area contributed by atoms with Gasteiger partial charge >= 0.3 is 0 Å². The van der Waals surface area contributed by atoms with Gasteiger partial charge in [0.2, 0.25) is 0 Å². The normalized spacial score (nSPS) is 13.5. The third kappa shape index (κ3) is 4.86. The number of nitrogens with one attached hydrogen (secondary N) is 1. The first-order chi connectivity index (χ1) is 12.2. The number of aliphatic hydroxyl groups is 1. The molecule has 0 aliphatic rings. The number of carbonyl (C=O) groups is 1. The Morgan fingerprint density at radius 1 is 1.12 bits per heavy atom. The van der Waals surface area contributed by atoms with Crippen molar-refractivity contribution in [2.75, 3.05) is 27.7 Å². The van der Waals surface area contributed by atoms with Crippen molar-refractivity contribution < 1.29 is 18.7 Å². The summed E-state index contributed by atoms with van der Waals surface area (Å²) in [7, 11) is 5.25. The second-order valence-corrected chi connectivity index (χ2v) is 6.65. The zero-order chi connectivity index (χ0) is 19.3. The van der Waals surface area contributed by atoms with E-state index in [0.29, 0.717) is 29.7 Å². The number of hydrogen-bond donors (Lipinski definition) is 2. The van der Waals surface area contributed by atoms with Gasteiger partial charge in [-0.3, -0.25) is 4.79 Å². The first kappa shape index (κ1) is 20.0. The minimum atomic E-state index is -1.37. The van der Waals surface area contributed by atoms with Crippen molar-refractivity contribution in [1.82, 2.24) is 10.2 Å². The van der Waals surface area contributed by atoms with Crippen LogP contribution < -0.4 is 5.32 Å². The van der Waals surface area contributed by atoms with Gasteiger partial charge in [-0.15, -0.1) is 0 Å². The van der Waals surface area contributed by atoms with Crippen LogP contribution in [-0.2, 0) is 12.0 Å². The molecule has 26 heavy (non-hydrogen) atoms. The molecular weight excluding hydrogens is 338 g/mol. The molecule has 0 aliphatic heterocycles. The van der Waals surface area contributed by atoms with E-state index in [4.69, 9.17) is 0 Å². The molecule has 4 nitrogen and oxygen atoms in total. The van der Waals surface area contributed by atoms with E-state index >= 15 is 0 Å². The van der Waals surface area contributed by atoms with Gasteiger partial charge in [0.25, 0.3) is 5.91 Å². The van der Waals surface area contributed by atoms with Gasteiger partial charge in [-0.05, 0) is 62.0 Å². The Labute approximate surface area is 152 Å². The Morgan fingerprint density at radius 2 is 1.73 bits per heavy atom. The second-order valence-electron chi connectivity index (χ2n) is 6.65. The summed E-state index contributed by atoms with van der Waals surface area (Å²) in [6.07, 6.45) is 0.377. The third-order valence-corrected chi connectivity index (χ3v) is 4.38. The summed E-state index contributed by atoms with van der Waals surface area (Å²) < 4.78 is 27.1. The lowest BCUT2D eigenvalue weighted by Gasteiger charge is -2.31. The Morgan fingerprint density at radius 3 is 2.31 bits per heavy atom. The maximum Gasteiger partial charge on any atom is 0.251 e. The number of nitrogens with zero attached hydrogens (tertiary/aromatic N) is 1. The van der Waals surface area contributed by atoms with Crippen molar-refractivity contribution in [2.24, 2.45) is 0 Å². The molecule has 0 spiro atoms. The van der Waals surface area contributed by atoms with Crippen LogP contribution in [0.4, 0.5) is 8.78 Å². The smallest absolute Gasteiger partial charge is 0.251 e. The van der Waals surface area contributed by atoms with Gasteiger partial charge in [-0.1, -0.05) is 12.1 Å². The fourth-order valence-corrected chi connectivity index (χ4v) is 2.88. The molecule has 6 heteroatoms. The number of rotatable bonds is 7. The Balaban J connectivity index is 2.45. The third-order valence-electron chi connectivity index (χ3n) is 4.38. The highest BCUT2D eigenvalue weighted by molar-refractivity contribution is 5.95. The lowest BCUT2D eigenvalue weighted by atomic mass is 9.83. The van der Waals surface area contributed by atoms with Gasteiger partial charge in [-0.25, -0.2) is 8.78 Å². The van der Waals surface area contributed by atoms with E-state index in [0.717, 1.165) is 0 Å². The van der Waals surface area contributed by atoms with Crippen molar-refractivity contribution in [3.8, 4) is 0 Å². The van der Waals surface area contributed by atoms with Crippen molar-refractivity contribution >= 4 is 5.91 Å². The molecule has 0 bridgehead atoms. The molecule has 0 heterocycles. The van der Waals surface area contributed by atoms with Crippen molar-refractivity contribution in [3.05, 3.63) is 70.8 Å². The largest absolute Gasteiger partial charge is 0.385 e. The molecule has 2 rings (SSSR count). The molecule has 2 aromatic rings. The van der Waals surface area contributed by atoms with E-state index in [9.17, 15) is 18.7 Å². The van der Waals surface area contributed by atoms with Gasteiger partial charge < -0.3 is 15.3 Å². The van der Waals surface area contributed by atoms with Gasteiger partial charge in [0.1, 0.15) is 11.6 Å². The minimum Gasteiger partial charge on any atom is -0.385 e. The maximum absolute atomic E-state index is 13.8. The molecule has 0 aromatic heterocycles. The topological polar surface area (TPSA) is 52.6 Å². The molecule has 140 valence electrons. The van der Waals surface area contributed by atoms with Gasteiger partial charge in [0.15, 0.2) is 0 Å². The minimum absolute atomic E-state index is 0.0347. The summed E-state index contributed by atoms with van der Waals surface area (Å²) in [6.45, 7) is 0.568. The van der Waals surface area contributed by atoms with Crippen LogP contribution in [0.1, 0.15) is 27.9 Å². The van der Waals surface area contributed by atoms with E-state index < -0.39 is 17.2 Å². The fourth-order valence-electron chi connectivity index (χ4n) is 2.88. The first-order valence-corrected chi connectivity index (χ1v) is 8.39. The SMILES string of the molecule is CNC(=O)c1ccc(F)cc1CC(O)(CCN(C)C)c1ccc(F)cc1. The highest BCUT2D eigenvalue weighted by atomic mass is 19.1. The summed E-state index contributed by atoms with van der Waals surface area (Å²) in [5.41, 5.74) is -0.142. The molecule has 0 aliphatic carbocycles. The maximum atomic E-state index is 13.8. The highest BCUT2D eigenvalue weighted by Gasteiger charge is 2.31. The second kappa shape index (κ2) is 8.38. The van der Waals surface area contributed by atoms with Gasteiger partial charge in [0, 0.05) is 25.6 Å². The molecule has 2 aromatic carbocycles. The van der Waals surface area contributed by atoms with E-state index in [2.05, 4.69) is 5.32 Å². The number of hydrogen-bond acceptors (Lipinski definition) is 3. The van der Waals surface area contributed by atoms with E-state index in [-0.39, 0.29) is 12.3 Å². The van der Waals surface area contributed by atoms with E-state index in [1.54, 1.807) is 0 Å². The molecule has 1 atom stereocenters. The molecule has 0 saturated carbocycles. The number of amides is 1. The Kier molecular flexibility index (Phi) is 6.45. The fraction of sp³-hybridized carbons (Fsp3) is 0.350. The Bertz CT molecular complexity index is 763. The summed E-state index contributed by atoms with van der Waals surface area (Å²) >= 11 is 0. The van der Waals surface area contributed by atoms with Crippen molar-refractivity contribution in [1.29, 1.82) is 0 Å². The monoisotopic (exact) mass is 362 g/mol. The van der Waals surface area contributed by atoms with Crippen LogP contribution in [0.5, 0.6) is 0 Å². The zero-order valence-electron chi connectivity index (χ0n) is 15.2. The van der Waals surface area contributed by atoms with Crippen LogP contribution in [0.3, 0.4) is 0 Å². The van der Waals surface area contributed by atoms with Crippen LogP contribution in [0, 0.1) is 11.6 Å². The summed E-state index contributed by atoms with van der Waals surface area (Å²) in [5.74, 6) is -1.24. The van der Waals surface area contributed by atoms with Crippen LogP contribution in [0.25, 0.3) is 0 Å². The molecule has 0 fully saturated rings. The van der Waals surface area contributed by atoms with Gasteiger partial charge in [0.05, 0.1) is 5.60 Å².